The Hall–Kier alpha value is -13.1. The van der Waals surface area contributed by atoms with Crippen molar-refractivity contribution in [3.05, 3.63) is 237 Å². The molecule has 10 aromatic rings. The van der Waals surface area contributed by atoms with Crippen LogP contribution in [0, 0.1) is 29.1 Å². The van der Waals surface area contributed by atoms with E-state index in [0.717, 1.165) is 148 Å². The van der Waals surface area contributed by atoms with Gasteiger partial charge in [0.1, 0.15) is 140 Å². The minimum atomic E-state index is -0.0198. The number of Topliss-reactive ketones (excluding diaryl/α,β-unsaturated/α-hetero) is 4. The Bertz CT molecular complexity index is 6130. The molecule has 0 radical (unpaired) electrons. The van der Waals surface area contributed by atoms with Crippen molar-refractivity contribution in [2.24, 2.45) is 29.1 Å². The van der Waals surface area contributed by atoms with Gasteiger partial charge in [-0.1, -0.05) is 102 Å². The third-order valence-electron chi connectivity index (χ3n) is 29.3. The van der Waals surface area contributed by atoms with Crippen LogP contribution < -0.4 is 59.2 Å². The number of ether oxygens (including phenoxy) is 8. The van der Waals surface area contributed by atoms with Crippen LogP contribution in [0.5, 0.6) is 69.0 Å². The van der Waals surface area contributed by atoms with Gasteiger partial charge in [0, 0.05) is 194 Å². The zero-order valence-corrected chi connectivity index (χ0v) is 76.2. The van der Waals surface area contributed by atoms with E-state index < -0.39 is 0 Å². The predicted molar refractivity (Wildman–Crippen MR) is 503 cm³/mol. The lowest BCUT2D eigenvalue weighted by atomic mass is 9.80. The lowest BCUT2D eigenvalue weighted by molar-refractivity contribution is -0.121. The first-order valence-corrected chi connectivity index (χ1v) is 48.5. The molecule has 4 aromatic heterocycles. The zero-order valence-electron chi connectivity index (χ0n) is 76.2. The molecule has 2 unspecified atom stereocenters. The van der Waals surface area contributed by atoms with Crippen LogP contribution >= 0.6 is 0 Å². The van der Waals surface area contributed by atoms with E-state index in [-0.39, 0.29) is 89.0 Å². The van der Waals surface area contributed by atoms with Crippen molar-refractivity contribution in [1.82, 2.24) is 19.9 Å². The van der Waals surface area contributed by atoms with Gasteiger partial charge in [0.05, 0.1) is 0 Å². The minimum Gasteiger partial charge on any atom is -0.489 e. The summed E-state index contributed by atoms with van der Waals surface area (Å²) in [6, 6.07) is 48.2. The number of aryl methyl sites for hydroxylation is 2. The summed E-state index contributed by atoms with van der Waals surface area (Å²) in [5.41, 5.74) is 13.8. The van der Waals surface area contributed by atoms with Gasteiger partial charge in [-0.3, -0.25) is 38.4 Å². The number of carbonyl (C=O) groups excluding carboxylic acids is 8. The lowest BCUT2D eigenvalue weighted by Gasteiger charge is -2.25. The number of amides is 4. The van der Waals surface area contributed by atoms with Gasteiger partial charge in [-0.15, -0.1) is 0 Å². The van der Waals surface area contributed by atoms with Crippen LogP contribution in [-0.2, 0) is 76.9 Å². The first-order chi connectivity index (χ1) is 65.2. The monoisotopic (exact) mass is 1800 g/mol. The molecule has 24 heteroatoms. The maximum absolute atomic E-state index is 13.1. The second-order valence-corrected chi connectivity index (χ2v) is 39.9. The zero-order chi connectivity index (χ0) is 91.6. The summed E-state index contributed by atoms with van der Waals surface area (Å²) in [5.74, 6) is 15.9. The summed E-state index contributed by atoms with van der Waals surface area (Å²) in [5, 5.41) is 11.2. The predicted octanol–water partition coefficient (Wildman–Crippen LogP) is 21.6. The van der Waals surface area contributed by atoms with Crippen molar-refractivity contribution in [3.8, 4) is 69.0 Å². The van der Waals surface area contributed by atoms with Crippen molar-refractivity contribution < 1.29 is 76.3 Å². The van der Waals surface area contributed by atoms with Crippen molar-refractivity contribution in [3.63, 3.8) is 0 Å². The third kappa shape index (κ3) is 18.7. The Labute approximate surface area is 779 Å². The highest BCUT2D eigenvalue weighted by atomic mass is 16.5. The van der Waals surface area contributed by atoms with Gasteiger partial charge in [-0.2, -0.15) is 0 Å². The van der Waals surface area contributed by atoms with Crippen molar-refractivity contribution in [2.75, 3.05) is 21.3 Å². The molecule has 134 heavy (non-hydrogen) atoms. The van der Waals surface area contributed by atoms with Gasteiger partial charge in [0.15, 0.2) is 0 Å². The number of nitrogens with zero attached hydrogens (tertiary/aromatic N) is 4. The molecule has 24 nitrogen and oxygen atoms in total. The number of fused-ring (bicyclic) bond motifs is 18. The standard InChI is InChI=1S/2C30H28N2O4.C26H30N2O4.C24H26N2O4/c2*33-19(14-18-6-3-5-17-4-1-2-7-21(17)18)15-24-28-23-16-20(8-10-25(23)36-29(24)28)35-26-12-13-31-30-22(26)9-11-27(34)32-30;1-2-3-4-5-6-7-16(29)14-20-24-19-15-17(8-10-21(19)32-25(20)24)31-22-12-13-27-26-18(22)9-11-23(30)28-26;1-24(2,3)12-13(27)10-17-21-16-11-14(4-6-18(16)30-22(17)21)29-19-8-9-25-23-15(19)5-7-20(28)26-23/h2*1-2,4,7-8,10,12-13,16,18,24,28-29H,3,5-6,9,11,14-15H2,(H,31,32,34);8,10,12-13,15,20,24-25H,2-7,9,11,14H2,1H3,(H,27,28,30);4,6,8-9,11,17,21-22H,5,7,10,12H2,1-3H3,(H,25,26,28)/t18-,24+,28+,29-;18-,24-,28-,29+;20-,24?,25+;17-,21?,22+/m1000/s1. The number of carbonyl (C=O) groups is 8. The molecule has 0 saturated heterocycles. The van der Waals surface area contributed by atoms with Crippen molar-refractivity contribution >= 4 is 70.0 Å². The maximum atomic E-state index is 13.1. The molecule has 12 heterocycles. The molecular weight excluding hydrogens is 1690 g/mol. The largest absolute Gasteiger partial charge is 0.489 e. The average Bonchev–Trinajstić information content (AvgIpc) is 1.57. The maximum Gasteiger partial charge on any atom is 0.225 e. The van der Waals surface area contributed by atoms with E-state index >= 15 is 0 Å². The Morgan fingerprint density at radius 3 is 0.993 bits per heavy atom. The highest BCUT2D eigenvalue weighted by molar-refractivity contribution is 5.96. The number of nitrogens with one attached hydrogen (secondary N) is 4. The smallest absolute Gasteiger partial charge is 0.225 e. The third-order valence-corrected chi connectivity index (χ3v) is 29.3. The van der Waals surface area contributed by atoms with Crippen LogP contribution in [0.3, 0.4) is 0 Å². The van der Waals surface area contributed by atoms with Crippen LogP contribution in [0.2, 0.25) is 0 Å². The molecule has 14 atom stereocenters. The van der Waals surface area contributed by atoms with Crippen LogP contribution in [0.25, 0.3) is 0 Å². The number of unbranched alkanes of at least 4 members (excludes halogenated alkanes) is 4. The molecule has 24 rings (SSSR count). The molecule has 4 saturated carbocycles. The van der Waals surface area contributed by atoms with E-state index in [1.54, 1.807) is 24.8 Å². The molecule has 8 aliphatic heterocycles. The number of aromatic nitrogens is 4. The Morgan fingerprint density at radius 2 is 0.664 bits per heavy atom. The number of hydrogen-bond acceptors (Lipinski definition) is 20. The fraction of sp³-hybridized carbons (Fsp3) is 0.418. The summed E-state index contributed by atoms with van der Waals surface area (Å²) < 4.78 is 49.4. The van der Waals surface area contributed by atoms with E-state index in [1.807, 2.05) is 84.9 Å². The van der Waals surface area contributed by atoms with Crippen molar-refractivity contribution in [1.29, 1.82) is 0 Å². The summed E-state index contributed by atoms with van der Waals surface area (Å²) >= 11 is 0. The van der Waals surface area contributed by atoms with E-state index in [2.05, 4.69) is 130 Å². The number of pyridine rings is 4. The molecule has 0 spiro atoms. The van der Waals surface area contributed by atoms with Gasteiger partial charge in [-0.05, 0) is 207 Å². The summed E-state index contributed by atoms with van der Waals surface area (Å²) in [6.07, 6.45) is 28.8. The topological polar surface area (TPSA) is 310 Å². The van der Waals surface area contributed by atoms with E-state index in [4.69, 9.17) is 37.9 Å². The Kier molecular flexibility index (Phi) is 24.2. The summed E-state index contributed by atoms with van der Waals surface area (Å²) in [4.78, 5) is 115. The first-order valence-electron chi connectivity index (χ1n) is 48.5. The molecular formula is C110H112N8O16. The van der Waals surface area contributed by atoms with Crippen LogP contribution in [0.4, 0.5) is 23.3 Å². The average molecular weight is 1800 g/mol. The van der Waals surface area contributed by atoms with Gasteiger partial charge in [-0.25, -0.2) is 19.9 Å². The van der Waals surface area contributed by atoms with Crippen LogP contribution in [0.15, 0.2) is 170 Å². The second-order valence-electron chi connectivity index (χ2n) is 39.9. The van der Waals surface area contributed by atoms with E-state index in [1.165, 1.54) is 41.5 Å². The van der Waals surface area contributed by atoms with E-state index in [9.17, 15) is 38.4 Å². The molecule has 14 aliphatic rings. The molecule has 6 aliphatic carbocycles. The number of benzene rings is 6. The highest BCUT2D eigenvalue weighted by Gasteiger charge is 2.62. The quantitative estimate of drug-likeness (QED) is 0.0348. The number of rotatable bonds is 27. The Balaban J connectivity index is 0.000000108. The van der Waals surface area contributed by atoms with Crippen molar-refractivity contribution in [2.45, 2.75) is 261 Å². The van der Waals surface area contributed by atoms with Gasteiger partial charge >= 0.3 is 0 Å². The van der Waals surface area contributed by atoms with Gasteiger partial charge in [0.25, 0.3) is 0 Å². The molecule has 688 valence electrons. The lowest BCUT2D eigenvalue weighted by Crippen LogP contribution is -2.20. The van der Waals surface area contributed by atoms with Crippen LogP contribution in [-0.4, -0.2) is 91.1 Å². The van der Waals surface area contributed by atoms with Crippen LogP contribution in [0.1, 0.15) is 265 Å². The van der Waals surface area contributed by atoms with Gasteiger partial charge < -0.3 is 59.2 Å². The molecule has 4 amide bonds. The highest BCUT2D eigenvalue weighted by Crippen LogP contribution is 2.65. The minimum absolute atomic E-state index is 0.0156. The number of hydrogen-bond donors (Lipinski definition) is 4. The molecule has 4 N–H and O–H groups in total. The fourth-order valence-corrected chi connectivity index (χ4v) is 22.5. The fourth-order valence-electron chi connectivity index (χ4n) is 22.5. The normalized spacial score (nSPS) is 24.0. The second kappa shape index (κ2) is 37.0. The first kappa shape index (κ1) is 87.5. The summed E-state index contributed by atoms with van der Waals surface area (Å²) in [7, 11) is 0. The SMILES string of the molecule is CC(C)(C)CC(=O)C[C@H]1C2c3cc(Oc4ccnc5c4CCC(=O)N5)ccc3O[C@@H]21.CCCCCCCC(=O)C[C@H]1C2c3cc(Oc4ccnc5c4CCC(=O)N5)ccc3O[C@@H]21.O=C(C[C@@H]1CCCc2ccccc21)C[C@@H]1[C@H]2Oc3ccc(Oc4ccnc5c4CCC(=O)N5)cc3[C@@H]12.O=C(C[C@H]1CCCc2ccccc21)C[C@@H]1[C@H]2Oc3ccc(Oc4ccnc5c4CCC(=O)N5)cc3[C@@H]12. The summed E-state index contributed by atoms with van der Waals surface area (Å²) in [6.45, 7) is 8.49. The number of anilines is 4. The Morgan fingerprint density at radius 1 is 0.351 bits per heavy atom. The van der Waals surface area contributed by atoms with Gasteiger partial charge in [0.2, 0.25) is 23.6 Å². The van der Waals surface area contributed by atoms with E-state index in [0.29, 0.717) is 190 Å². The molecule has 4 fully saturated rings. The molecule has 0 bridgehead atoms. The molecule has 6 aromatic carbocycles. The number of ketones is 4.